The molecule has 0 radical (unpaired) electrons. The fraction of sp³-hybridized carbons (Fsp3) is 0.312. The average Bonchev–Trinajstić information content (AvgIpc) is 2.43. The summed E-state index contributed by atoms with van der Waals surface area (Å²) in [6.07, 6.45) is 0. The Morgan fingerprint density at radius 2 is 1.84 bits per heavy atom. The summed E-state index contributed by atoms with van der Waals surface area (Å²) in [6.45, 7) is 4.21. The van der Waals surface area contributed by atoms with Crippen molar-refractivity contribution in [2.75, 3.05) is 5.33 Å². The van der Waals surface area contributed by atoms with E-state index in [-0.39, 0.29) is 11.9 Å². The smallest absolute Gasteiger partial charge is 0.252 e. The Labute approximate surface area is 122 Å². The van der Waals surface area contributed by atoms with Crippen LogP contribution in [0.5, 0.6) is 0 Å². The molecule has 2 aromatic rings. The largest absolute Gasteiger partial charge is 0.348 e. The van der Waals surface area contributed by atoms with E-state index in [4.69, 9.17) is 0 Å². The minimum atomic E-state index is -0.00468. The van der Waals surface area contributed by atoms with Gasteiger partial charge in [-0.2, -0.15) is 0 Å². The first-order chi connectivity index (χ1) is 9.13. The summed E-state index contributed by atoms with van der Waals surface area (Å²) in [4.78, 5) is 12.4. The van der Waals surface area contributed by atoms with Crippen LogP contribution in [0, 0.1) is 5.92 Å². The Morgan fingerprint density at radius 3 is 2.53 bits per heavy atom. The molecule has 0 bridgehead atoms. The van der Waals surface area contributed by atoms with Gasteiger partial charge < -0.3 is 5.32 Å². The maximum Gasteiger partial charge on any atom is 0.252 e. The molecule has 100 valence electrons. The molecule has 2 nitrogen and oxygen atoms in total. The highest BCUT2D eigenvalue weighted by atomic mass is 79.9. The average molecular weight is 320 g/mol. The fourth-order valence-electron chi connectivity index (χ4n) is 2.05. The number of fused-ring (bicyclic) bond motifs is 1. The van der Waals surface area contributed by atoms with Gasteiger partial charge in [-0.05, 0) is 22.8 Å². The fourth-order valence-corrected chi connectivity index (χ4v) is 2.96. The molecule has 0 saturated carbocycles. The van der Waals surface area contributed by atoms with Crippen molar-refractivity contribution >= 4 is 32.6 Å². The molecule has 1 amide bonds. The number of carbonyl (C=O) groups excluding carboxylic acids is 1. The molecule has 19 heavy (non-hydrogen) atoms. The minimum Gasteiger partial charge on any atom is -0.348 e. The van der Waals surface area contributed by atoms with Gasteiger partial charge in [0.1, 0.15) is 0 Å². The number of halogens is 1. The third-order valence-electron chi connectivity index (χ3n) is 3.32. The van der Waals surface area contributed by atoms with E-state index < -0.39 is 0 Å². The monoisotopic (exact) mass is 319 g/mol. The molecule has 0 aromatic heterocycles. The summed E-state index contributed by atoms with van der Waals surface area (Å²) in [6, 6.07) is 13.9. The number of hydrogen-bond acceptors (Lipinski definition) is 1. The van der Waals surface area contributed by atoms with Gasteiger partial charge in [-0.1, -0.05) is 66.2 Å². The summed E-state index contributed by atoms with van der Waals surface area (Å²) in [7, 11) is 0. The predicted molar refractivity (Wildman–Crippen MR) is 83.8 cm³/mol. The Balaban J connectivity index is 2.31. The molecule has 1 atom stereocenters. The van der Waals surface area contributed by atoms with Crippen LogP contribution in [0.2, 0.25) is 0 Å². The Kier molecular flexibility index (Phi) is 4.59. The zero-order valence-corrected chi connectivity index (χ0v) is 12.8. The molecule has 1 unspecified atom stereocenters. The first-order valence-electron chi connectivity index (χ1n) is 6.48. The topological polar surface area (TPSA) is 29.1 Å². The number of nitrogens with one attached hydrogen (secondary N) is 1. The number of amides is 1. The van der Waals surface area contributed by atoms with Gasteiger partial charge in [0.25, 0.3) is 5.91 Å². The number of alkyl halides is 1. The van der Waals surface area contributed by atoms with E-state index in [2.05, 4.69) is 35.1 Å². The van der Waals surface area contributed by atoms with Gasteiger partial charge in [0.15, 0.2) is 0 Å². The lowest BCUT2D eigenvalue weighted by molar-refractivity contribution is 0.0933. The molecule has 0 heterocycles. The lowest BCUT2D eigenvalue weighted by Crippen LogP contribution is -2.39. The van der Waals surface area contributed by atoms with Crippen molar-refractivity contribution in [2.45, 2.75) is 19.9 Å². The van der Waals surface area contributed by atoms with Crippen molar-refractivity contribution in [3.8, 4) is 0 Å². The van der Waals surface area contributed by atoms with Gasteiger partial charge in [0, 0.05) is 16.9 Å². The van der Waals surface area contributed by atoms with Crippen molar-refractivity contribution in [2.24, 2.45) is 5.92 Å². The zero-order chi connectivity index (χ0) is 13.8. The van der Waals surface area contributed by atoms with Gasteiger partial charge >= 0.3 is 0 Å². The van der Waals surface area contributed by atoms with E-state index in [0.717, 1.165) is 21.7 Å². The zero-order valence-electron chi connectivity index (χ0n) is 11.2. The Morgan fingerprint density at radius 1 is 1.16 bits per heavy atom. The van der Waals surface area contributed by atoms with Crippen molar-refractivity contribution in [3.05, 3.63) is 48.0 Å². The molecule has 0 aliphatic carbocycles. The van der Waals surface area contributed by atoms with Crippen LogP contribution in [0.3, 0.4) is 0 Å². The molecule has 0 fully saturated rings. The number of carbonyl (C=O) groups is 1. The summed E-state index contributed by atoms with van der Waals surface area (Å²) in [5, 5.41) is 5.95. The molecule has 0 saturated heterocycles. The van der Waals surface area contributed by atoms with Crippen LogP contribution >= 0.6 is 15.9 Å². The van der Waals surface area contributed by atoms with Crippen LogP contribution in [-0.2, 0) is 0 Å². The second kappa shape index (κ2) is 6.20. The summed E-state index contributed by atoms with van der Waals surface area (Å²) in [5.41, 5.74) is 0.740. The second-order valence-corrected chi connectivity index (χ2v) is 5.65. The van der Waals surface area contributed by atoms with Gasteiger partial charge in [0.05, 0.1) is 0 Å². The summed E-state index contributed by atoms with van der Waals surface area (Å²) in [5.74, 6) is 0.397. The van der Waals surface area contributed by atoms with E-state index >= 15 is 0 Å². The normalized spacial score (nSPS) is 12.6. The second-order valence-electron chi connectivity index (χ2n) is 5.00. The van der Waals surface area contributed by atoms with Gasteiger partial charge in [-0.15, -0.1) is 0 Å². The number of hydrogen-bond donors (Lipinski definition) is 1. The van der Waals surface area contributed by atoms with E-state index in [9.17, 15) is 4.79 Å². The molecule has 3 heteroatoms. The van der Waals surface area contributed by atoms with Crippen molar-refractivity contribution in [1.29, 1.82) is 0 Å². The van der Waals surface area contributed by atoms with Crippen LogP contribution in [0.1, 0.15) is 24.2 Å². The van der Waals surface area contributed by atoms with E-state index in [0.29, 0.717) is 5.92 Å². The molecule has 0 aliphatic rings. The number of benzene rings is 2. The van der Waals surface area contributed by atoms with Crippen molar-refractivity contribution < 1.29 is 4.79 Å². The first kappa shape index (κ1) is 14.1. The first-order valence-corrected chi connectivity index (χ1v) is 7.60. The maximum atomic E-state index is 12.4. The van der Waals surface area contributed by atoms with Crippen molar-refractivity contribution in [3.63, 3.8) is 0 Å². The minimum absolute atomic E-state index is 0.00468. The Hall–Kier alpha value is -1.35. The van der Waals surface area contributed by atoms with Gasteiger partial charge in [-0.25, -0.2) is 0 Å². The molecular weight excluding hydrogens is 302 g/mol. The summed E-state index contributed by atoms with van der Waals surface area (Å²) >= 11 is 3.45. The van der Waals surface area contributed by atoms with Crippen LogP contribution in [-0.4, -0.2) is 17.3 Å². The third kappa shape index (κ3) is 3.16. The highest BCUT2D eigenvalue weighted by Gasteiger charge is 2.17. The SMILES string of the molecule is CC(C)C(CBr)NC(=O)c1cccc2ccccc12. The Bertz CT molecular complexity index is 574. The van der Waals surface area contributed by atoms with Crippen molar-refractivity contribution in [1.82, 2.24) is 5.32 Å². The van der Waals surface area contributed by atoms with Crippen LogP contribution in [0.15, 0.2) is 42.5 Å². The highest BCUT2D eigenvalue weighted by molar-refractivity contribution is 9.09. The van der Waals surface area contributed by atoms with E-state index in [1.807, 2.05) is 42.5 Å². The maximum absolute atomic E-state index is 12.4. The van der Waals surface area contributed by atoms with Crippen LogP contribution in [0.25, 0.3) is 10.8 Å². The van der Waals surface area contributed by atoms with Crippen LogP contribution in [0.4, 0.5) is 0 Å². The summed E-state index contributed by atoms with van der Waals surface area (Å²) < 4.78 is 0. The molecule has 2 rings (SSSR count). The molecule has 2 aromatic carbocycles. The quantitative estimate of drug-likeness (QED) is 0.848. The van der Waals surface area contributed by atoms with E-state index in [1.54, 1.807) is 0 Å². The predicted octanol–water partition coefficient (Wildman–Crippen LogP) is 3.99. The molecule has 0 aliphatic heterocycles. The standard InChI is InChI=1S/C16H18BrNO/c1-11(2)15(10-17)18-16(19)14-9-5-7-12-6-3-4-8-13(12)14/h3-9,11,15H,10H2,1-2H3,(H,18,19). The van der Waals surface area contributed by atoms with Gasteiger partial charge in [0.2, 0.25) is 0 Å². The molecular formula is C16H18BrNO. The van der Waals surface area contributed by atoms with E-state index in [1.165, 1.54) is 0 Å². The number of rotatable bonds is 4. The molecule has 1 N–H and O–H groups in total. The highest BCUT2D eigenvalue weighted by Crippen LogP contribution is 2.19. The van der Waals surface area contributed by atoms with Gasteiger partial charge in [-0.3, -0.25) is 4.79 Å². The van der Waals surface area contributed by atoms with Crippen LogP contribution < -0.4 is 5.32 Å². The lowest BCUT2D eigenvalue weighted by atomic mass is 10.0. The lowest BCUT2D eigenvalue weighted by Gasteiger charge is -2.20. The molecule has 0 spiro atoms. The third-order valence-corrected chi connectivity index (χ3v) is 4.02.